The maximum absolute atomic E-state index is 12.6. The van der Waals surface area contributed by atoms with Crippen molar-refractivity contribution in [2.45, 2.75) is 51.7 Å². The van der Waals surface area contributed by atoms with Crippen molar-refractivity contribution in [2.75, 3.05) is 70.8 Å². The summed E-state index contributed by atoms with van der Waals surface area (Å²) in [7, 11) is 0. The molecule has 2 amide bonds. The number of nitrogens with zero attached hydrogens (tertiary/aromatic N) is 3. The molecule has 0 bridgehead atoms. The van der Waals surface area contributed by atoms with Crippen molar-refractivity contribution in [1.29, 1.82) is 0 Å². The second kappa shape index (κ2) is 16.3. The average molecular weight is 603 g/mol. The van der Waals surface area contributed by atoms with E-state index in [9.17, 15) is 9.59 Å². The van der Waals surface area contributed by atoms with E-state index in [1.165, 1.54) is 0 Å². The van der Waals surface area contributed by atoms with Crippen molar-refractivity contribution < 1.29 is 28.5 Å². The Kier molecular flexibility index (Phi) is 13.2. The van der Waals surface area contributed by atoms with Crippen molar-refractivity contribution in [3.8, 4) is 0 Å². The Morgan fingerprint density at radius 2 is 1.70 bits per heavy atom. The molecular formula is C27H41Cl2N5O6. The molecule has 2 aliphatic heterocycles. The van der Waals surface area contributed by atoms with E-state index in [-0.39, 0.29) is 12.0 Å². The van der Waals surface area contributed by atoms with Gasteiger partial charge in [-0.15, -0.1) is 0 Å². The predicted octanol–water partition coefficient (Wildman–Crippen LogP) is 3.67. The third kappa shape index (κ3) is 12.2. The van der Waals surface area contributed by atoms with Crippen LogP contribution >= 0.6 is 23.2 Å². The molecule has 1 aromatic rings. The SMILES string of the molecule is CC(C)(C)OC(=O)NCCOCCOCCOC1CCN(CC(=O)NC2=NN(c3ccc(Cl)c(Cl)c3)CC2)CC1. The first kappa shape index (κ1) is 32.4. The average Bonchev–Trinajstić information content (AvgIpc) is 3.35. The normalized spacial score (nSPS) is 16.6. The van der Waals surface area contributed by atoms with Gasteiger partial charge >= 0.3 is 6.09 Å². The largest absolute Gasteiger partial charge is 0.444 e. The number of hydrogen-bond donors (Lipinski definition) is 2. The molecule has 0 unspecified atom stereocenters. The number of anilines is 1. The Morgan fingerprint density at radius 3 is 2.40 bits per heavy atom. The zero-order valence-electron chi connectivity index (χ0n) is 23.5. The predicted molar refractivity (Wildman–Crippen MR) is 155 cm³/mol. The molecule has 1 saturated heterocycles. The smallest absolute Gasteiger partial charge is 0.407 e. The lowest BCUT2D eigenvalue weighted by Crippen LogP contribution is -2.44. The van der Waals surface area contributed by atoms with Crippen LogP contribution in [0.5, 0.6) is 0 Å². The van der Waals surface area contributed by atoms with Crippen LogP contribution < -0.4 is 15.6 Å². The van der Waals surface area contributed by atoms with Crippen LogP contribution in [-0.4, -0.2) is 100 Å². The van der Waals surface area contributed by atoms with Crippen LogP contribution in [0.2, 0.25) is 10.0 Å². The Morgan fingerprint density at radius 1 is 1.00 bits per heavy atom. The zero-order chi connectivity index (χ0) is 29.0. The number of benzene rings is 1. The number of hydrazone groups is 1. The number of carbonyl (C=O) groups is 2. The van der Waals surface area contributed by atoms with Gasteiger partial charge in [-0.1, -0.05) is 23.2 Å². The lowest BCUT2D eigenvalue weighted by molar-refractivity contribution is -0.121. The summed E-state index contributed by atoms with van der Waals surface area (Å²) in [4.78, 5) is 26.2. The number of nitrogens with one attached hydrogen (secondary N) is 2. The van der Waals surface area contributed by atoms with Crippen LogP contribution in [0.25, 0.3) is 0 Å². The fraction of sp³-hybridized carbons (Fsp3) is 0.667. The lowest BCUT2D eigenvalue weighted by Gasteiger charge is -2.31. The number of likely N-dealkylation sites (tertiary alicyclic amines) is 1. The summed E-state index contributed by atoms with van der Waals surface area (Å²) < 4.78 is 22.1. The van der Waals surface area contributed by atoms with Crippen molar-refractivity contribution in [3.05, 3.63) is 28.2 Å². The fourth-order valence-electron chi connectivity index (χ4n) is 4.15. The molecule has 11 nitrogen and oxygen atoms in total. The van der Waals surface area contributed by atoms with E-state index in [1.54, 1.807) is 12.1 Å². The molecule has 2 heterocycles. The molecule has 1 aromatic carbocycles. The van der Waals surface area contributed by atoms with Crippen molar-refractivity contribution >= 4 is 46.7 Å². The van der Waals surface area contributed by atoms with Gasteiger partial charge in [-0.3, -0.25) is 14.7 Å². The van der Waals surface area contributed by atoms with Crippen LogP contribution in [0.4, 0.5) is 10.5 Å². The topological polar surface area (TPSA) is 114 Å². The van der Waals surface area contributed by atoms with Crippen LogP contribution in [0.1, 0.15) is 40.0 Å². The van der Waals surface area contributed by atoms with Crippen LogP contribution in [0.15, 0.2) is 23.3 Å². The summed E-state index contributed by atoms with van der Waals surface area (Å²) >= 11 is 12.1. The number of carbonyl (C=O) groups excluding carboxylic acids is 2. The van der Waals surface area contributed by atoms with Gasteiger partial charge in [-0.25, -0.2) is 4.79 Å². The van der Waals surface area contributed by atoms with Gasteiger partial charge < -0.3 is 29.6 Å². The van der Waals surface area contributed by atoms with Gasteiger partial charge in [-0.2, -0.15) is 5.10 Å². The minimum absolute atomic E-state index is 0.0645. The minimum Gasteiger partial charge on any atom is -0.444 e. The first-order valence-electron chi connectivity index (χ1n) is 13.7. The molecule has 0 aliphatic carbocycles. The number of amidine groups is 1. The van der Waals surface area contributed by atoms with Crippen molar-refractivity contribution in [3.63, 3.8) is 0 Å². The lowest BCUT2D eigenvalue weighted by atomic mass is 10.1. The van der Waals surface area contributed by atoms with Gasteiger partial charge in [0, 0.05) is 32.6 Å². The minimum atomic E-state index is -0.515. The second-order valence-electron chi connectivity index (χ2n) is 10.6. The highest BCUT2D eigenvalue weighted by Crippen LogP contribution is 2.28. The van der Waals surface area contributed by atoms with E-state index in [4.69, 9.17) is 42.1 Å². The standard InChI is InChI=1S/C27H41Cl2N5O6/c1-27(2,3)40-26(36)30-9-13-37-14-15-38-16-17-39-21-6-10-33(11-7-21)19-25(35)31-24-8-12-34(32-24)20-4-5-22(28)23(29)18-20/h4-5,18,21H,6-17,19H2,1-3H3,(H,30,36)(H,31,32,35). The quantitative estimate of drug-likeness (QED) is 0.329. The monoisotopic (exact) mass is 601 g/mol. The van der Waals surface area contributed by atoms with Crippen molar-refractivity contribution in [2.24, 2.45) is 5.10 Å². The molecule has 13 heteroatoms. The summed E-state index contributed by atoms with van der Waals surface area (Å²) in [5.41, 5.74) is 0.322. The Balaban J connectivity index is 1.18. The number of alkyl carbamates (subject to hydrolysis) is 1. The summed E-state index contributed by atoms with van der Waals surface area (Å²) in [5, 5.41) is 12.9. The Labute approximate surface area is 246 Å². The summed E-state index contributed by atoms with van der Waals surface area (Å²) in [6.45, 7) is 10.7. The van der Waals surface area contributed by atoms with Gasteiger partial charge in [-0.05, 0) is 51.8 Å². The number of amides is 2. The molecule has 0 spiro atoms. The fourth-order valence-corrected chi connectivity index (χ4v) is 4.44. The molecule has 2 aliphatic rings. The van der Waals surface area contributed by atoms with Crippen LogP contribution in [0.3, 0.4) is 0 Å². The summed E-state index contributed by atoms with van der Waals surface area (Å²) in [5.74, 6) is 0.586. The number of rotatable bonds is 13. The highest BCUT2D eigenvalue weighted by Gasteiger charge is 2.23. The molecule has 40 heavy (non-hydrogen) atoms. The molecule has 0 aromatic heterocycles. The van der Waals surface area contributed by atoms with E-state index in [0.717, 1.165) is 31.6 Å². The first-order chi connectivity index (χ1) is 19.1. The maximum atomic E-state index is 12.6. The molecule has 224 valence electrons. The van der Waals surface area contributed by atoms with Gasteiger partial charge in [0.25, 0.3) is 0 Å². The van der Waals surface area contributed by atoms with Gasteiger partial charge in [0.05, 0.1) is 61.4 Å². The number of hydrogen-bond acceptors (Lipinski definition) is 9. The van der Waals surface area contributed by atoms with E-state index in [1.807, 2.05) is 31.8 Å². The van der Waals surface area contributed by atoms with Crippen LogP contribution in [0, 0.1) is 0 Å². The van der Waals surface area contributed by atoms with E-state index in [2.05, 4.69) is 20.6 Å². The highest BCUT2D eigenvalue weighted by molar-refractivity contribution is 6.42. The van der Waals surface area contributed by atoms with E-state index >= 15 is 0 Å². The van der Waals surface area contributed by atoms with E-state index in [0.29, 0.717) is 75.0 Å². The molecule has 0 saturated carbocycles. The first-order valence-corrected chi connectivity index (χ1v) is 14.4. The van der Waals surface area contributed by atoms with E-state index < -0.39 is 11.7 Å². The molecule has 1 fully saturated rings. The molecule has 2 N–H and O–H groups in total. The van der Waals surface area contributed by atoms with Gasteiger partial charge in [0.2, 0.25) is 5.91 Å². The number of halogens is 2. The van der Waals surface area contributed by atoms with Gasteiger partial charge in [0.1, 0.15) is 11.4 Å². The highest BCUT2D eigenvalue weighted by atomic mass is 35.5. The summed E-state index contributed by atoms with van der Waals surface area (Å²) in [6.07, 6.45) is 2.10. The number of ether oxygens (including phenoxy) is 4. The molecule has 0 atom stereocenters. The maximum Gasteiger partial charge on any atom is 0.407 e. The molecule has 0 radical (unpaired) electrons. The molecule has 3 rings (SSSR count). The van der Waals surface area contributed by atoms with Gasteiger partial charge in [0.15, 0.2) is 0 Å². The third-order valence-electron chi connectivity index (χ3n) is 6.06. The Hall–Kier alpha value is -2.15. The second-order valence-corrected chi connectivity index (χ2v) is 11.4. The van der Waals surface area contributed by atoms with Crippen molar-refractivity contribution in [1.82, 2.24) is 15.5 Å². The van der Waals surface area contributed by atoms with Crippen LogP contribution in [-0.2, 0) is 23.7 Å². The number of piperidine rings is 1. The zero-order valence-corrected chi connectivity index (χ0v) is 25.1. The summed E-state index contributed by atoms with van der Waals surface area (Å²) in [6, 6.07) is 5.35. The molecular weight excluding hydrogens is 561 g/mol. The Bertz CT molecular complexity index is 998. The third-order valence-corrected chi connectivity index (χ3v) is 6.80.